The van der Waals surface area contributed by atoms with E-state index >= 15 is 0 Å². The molecule has 170 valence electrons. The lowest BCUT2D eigenvalue weighted by Gasteiger charge is -2.26. The van der Waals surface area contributed by atoms with Crippen LogP contribution in [0, 0.1) is 6.92 Å². The van der Waals surface area contributed by atoms with Gasteiger partial charge >= 0.3 is 0 Å². The van der Waals surface area contributed by atoms with Gasteiger partial charge in [0.05, 0.1) is 16.6 Å². The predicted octanol–water partition coefficient (Wildman–Crippen LogP) is 2.24. The van der Waals surface area contributed by atoms with E-state index < -0.39 is 0 Å². The van der Waals surface area contributed by atoms with E-state index in [2.05, 4.69) is 29.0 Å². The van der Waals surface area contributed by atoms with Gasteiger partial charge in [-0.05, 0) is 57.8 Å². The third-order valence-electron chi connectivity index (χ3n) is 5.97. The Bertz CT molecular complexity index is 973. The van der Waals surface area contributed by atoms with Crippen molar-refractivity contribution < 1.29 is 9.59 Å². The van der Waals surface area contributed by atoms with Crippen molar-refractivity contribution in [3.8, 4) is 0 Å². The number of fused-ring (bicyclic) bond motifs is 1. The second kappa shape index (κ2) is 10.9. The van der Waals surface area contributed by atoms with Crippen LogP contribution in [0.2, 0.25) is 0 Å². The molecule has 0 radical (unpaired) electrons. The van der Waals surface area contributed by atoms with Crippen LogP contribution >= 0.6 is 11.3 Å². The summed E-state index contributed by atoms with van der Waals surface area (Å²) in [7, 11) is 0. The normalized spacial score (nSPS) is 14.4. The highest BCUT2D eigenvalue weighted by Gasteiger charge is 2.21. The van der Waals surface area contributed by atoms with Crippen LogP contribution < -0.4 is 10.9 Å². The van der Waals surface area contributed by atoms with Crippen molar-refractivity contribution in [3.63, 3.8) is 0 Å². The number of carbonyl (C=O) groups is 2. The van der Waals surface area contributed by atoms with Gasteiger partial charge in [0.25, 0.3) is 11.5 Å². The number of piperidine rings is 1. The first kappa shape index (κ1) is 23.4. The van der Waals surface area contributed by atoms with Crippen LogP contribution in [-0.2, 0) is 11.3 Å². The molecule has 3 heterocycles. The van der Waals surface area contributed by atoms with Crippen LogP contribution in [0.25, 0.3) is 10.2 Å². The van der Waals surface area contributed by atoms with Crippen molar-refractivity contribution in [1.82, 2.24) is 24.7 Å². The summed E-state index contributed by atoms with van der Waals surface area (Å²) in [6, 6.07) is 0. The highest BCUT2D eigenvalue weighted by atomic mass is 32.1. The van der Waals surface area contributed by atoms with Crippen molar-refractivity contribution in [3.05, 3.63) is 27.1 Å². The molecule has 0 unspecified atom stereocenters. The fourth-order valence-electron chi connectivity index (χ4n) is 4.00. The summed E-state index contributed by atoms with van der Waals surface area (Å²) in [5, 5.41) is 3.40. The van der Waals surface area contributed by atoms with Crippen molar-refractivity contribution in [1.29, 1.82) is 0 Å². The van der Waals surface area contributed by atoms with Gasteiger partial charge in [0, 0.05) is 19.6 Å². The summed E-state index contributed by atoms with van der Waals surface area (Å²) >= 11 is 1.23. The Morgan fingerprint density at radius 1 is 1.19 bits per heavy atom. The largest absolute Gasteiger partial charge is 0.351 e. The molecule has 1 N–H and O–H groups in total. The van der Waals surface area contributed by atoms with E-state index in [1.54, 1.807) is 6.92 Å². The van der Waals surface area contributed by atoms with Gasteiger partial charge in [-0.1, -0.05) is 13.8 Å². The van der Waals surface area contributed by atoms with E-state index in [9.17, 15) is 14.4 Å². The fourth-order valence-corrected chi connectivity index (χ4v) is 5.06. The Balaban J connectivity index is 1.70. The molecule has 1 fully saturated rings. The molecule has 2 amide bonds. The van der Waals surface area contributed by atoms with Crippen LogP contribution in [0.1, 0.15) is 54.8 Å². The highest BCUT2D eigenvalue weighted by Crippen LogP contribution is 2.26. The maximum absolute atomic E-state index is 13.0. The third-order valence-corrected chi connectivity index (χ3v) is 7.17. The Hall–Kier alpha value is -2.26. The molecule has 2 aromatic heterocycles. The number of rotatable bonds is 9. The molecule has 8 nitrogen and oxygen atoms in total. The first-order valence-corrected chi connectivity index (χ1v) is 12.0. The molecule has 0 aromatic carbocycles. The van der Waals surface area contributed by atoms with E-state index in [1.165, 1.54) is 22.2 Å². The van der Waals surface area contributed by atoms with Gasteiger partial charge in [0.2, 0.25) is 5.91 Å². The molecule has 31 heavy (non-hydrogen) atoms. The summed E-state index contributed by atoms with van der Waals surface area (Å²) in [6.07, 6.45) is 5.46. The molecule has 0 saturated carbocycles. The molecule has 0 spiro atoms. The standard InChI is InChI=1S/C22H33N5O3S/c1-4-25(5-2)11-9-10-23-20(29)19-16(3)18-21(31-19)24-15-27(22(18)30)14-17(28)26-12-7-6-8-13-26/h15H,4-14H2,1-3H3,(H,23,29). The van der Waals surface area contributed by atoms with Crippen LogP contribution in [0.5, 0.6) is 0 Å². The average Bonchev–Trinajstić information content (AvgIpc) is 3.13. The Labute approximate surface area is 187 Å². The topological polar surface area (TPSA) is 87.5 Å². The zero-order valence-electron chi connectivity index (χ0n) is 18.8. The molecule has 0 bridgehead atoms. The lowest BCUT2D eigenvalue weighted by atomic mass is 10.1. The molecule has 9 heteroatoms. The van der Waals surface area contributed by atoms with Crippen molar-refractivity contribution in [2.75, 3.05) is 39.3 Å². The van der Waals surface area contributed by atoms with Gasteiger partial charge in [-0.25, -0.2) is 4.98 Å². The minimum Gasteiger partial charge on any atom is -0.351 e. The predicted molar refractivity (Wildman–Crippen MR) is 124 cm³/mol. The summed E-state index contributed by atoms with van der Waals surface area (Å²) in [5.41, 5.74) is 0.378. The molecule has 0 aliphatic carbocycles. The Morgan fingerprint density at radius 3 is 2.58 bits per heavy atom. The van der Waals surface area contributed by atoms with E-state index in [1.807, 2.05) is 4.90 Å². The maximum Gasteiger partial charge on any atom is 0.262 e. The molecule has 1 aliphatic rings. The first-order chi connectivity index (χ1) is 15.0. The third kappa shape index (κ3) is 5.51. The molecule has 1 saturated heterocycles. The number of carbonyl (C=O) groups excluding carboxylic acids is 2. The van der Waals surface area contributed by atoms with Crippen molar-refractivity contribution in [2.24, 2.45) is 0 Å². The molecular weight excluding hydrogens is 414 g/mol. The van der Waals surface area contributed by atoms with Crippen molar-refractivity contribution in [2.45, 2.75) is 53.0 Å². The minimum atomic E-state index is -0.260. The second-order valence-corrected chi connectivity index (χ2v) is 8.99. The van der Waals surface area contributed by atoms with Gasteiger partial charge in [-0.15, -0.1) is 11.3 Å². The van der Waals surface area contributed by atoms with E-state index in [0.717, 1.165) is 58.4 Å². The molecular formula is C22H33N5O3S. The summed E-state index contributed by atoms with van der Waals surface area (Å²) in [4.78, 5) is 47.8. The number of aryl methyl sites for hydroxylation is 1. The smallest absolute Gasteiger partial charge is 0.262 e. The number of amides is 2. The lowest BCUT2D eigenvalue weighted by molar-refractivity contribution is -0.132. The fraction of sp³-hybridized carbons (Fsp3) is 0.636. The van der Waals surface area contributed by atoms with E-state index in [-0.39, 0.29) is 23.9 Å². The molecule has 1 aliphatic heterocycles. The van der Waals surface area contributed by atoms with Crippen molar-refractivity contribution >= 4 is 33.4 Å². The number of nitrogens with one attached hydrogen (secondary N) is 1. The molecule has 0 atom stereocenters. The monoisotopic (exact) mass is 447 g/mol. The quantitative estimate of drug-likeness (QED) is 0.596. The summed E-state index contributed by atoms with van der Waals surface area (Å²) in [6.45, 7) is 11.0. The van der Waals surface area contributed by atoms with Gasteiger partial charge in [-0.3, -0.25) is 19.0 Å². The number of aromatic nitrogens is 2. The SMILES string of the molecule is CCN(CC)CCCNC(=O)c1sc2ncn(CC(=O)N3CCCCC3)c(=O)c2c1C. The van der Waals surface area contributed by atoms with Gasteiger partial charge in [-0.2, -0.15) is 0 Å². The van der Waals surface area contributed by atoms with Gasteiger partial charge < -0.3 is 15.1 Å². The number of nitrogens with zero attached hydrogens (tertiary/aromatic N) is 4. The maximum atomic E-state index is 13.0. The van der Waals surface area contributed by atoms with Gasteiger partial charge in [0.1, 0.15) is 11.4 Å². The summed E-state index contributed by atoms with van der Waals surface area (Å²) < 4.78 is 1.37. The number of likely N-dealkylation sites (tertiary alicyclic amines) is 1. The van der Waals surface area contributed by atoms with Crippen LogP contribution in [0.4, 0.5) is 0 Å². The summed E-state index contributed by atoms with van der Waals surface area (Å²) in [5.74, 6) is -0.225. The van der Waals surface area contributed by atoms with Crippen LogP contribution in [0.15, 0.2) is 11.1 Å². The lowest BCUT2D eigenvalue weighted by Crippen LogP contribution is -2.39. The number of hydrogen-bond acceptors (Lipinski definition) is 6. The van der Waals surface area contributed by atoms with Crippen LogP contribution in [-0.4, -0.2) is 70.4 Å². The second-order valence-electron chi connectivity index (χ2n) is 7.99. The van der Waals surface area contributed by atoms with E-state index in [4.69, 9.17) is 0 Å². The zero-order chi connectivity index (χ0) is 22.4. The van der Waals surface area contributed by atoms with Gasteiger partial charge in [0.15, 0.2) is 0 Å². The highest BCUT2D eigenvalue weighted by molar-refractivity contribution is 7.20. The molecule has 3 rings (SSSR count). The average molecular weight is 448 g/mol. The van der Waals surface area contributed by atoms with Crippen LogP contribution in [0.3, 0.4) is 0 Å². The first-order valence-electron chi connectivity index (χ1n) is 11.2. The van der Waals surface area contributed by atoms with E-state index in [0.29, 0.717) is 27.2 Å². The number of hydrogen-bond donors (Lipinski definition) is 1. The molecule has 2 aromatic rings. The Kier molecular flexibility index (Phi) is 8.20. The zero-order valence-corrected chi connectivity index (χ0v) is 19.6. The number of thiophene rings is 1. The minimum absolute atomic E-state index is 0.00997. The Morgan fingerprint density at radius 2 is 1.90 bits per heavy atom.